The first-order valence-corrected chi connectivity index (χ1v) is 41.1. The molecule has 0 aromatic carbocycles. The predicted octanol–water partition coefficient (Wildman–Crippen LogP) is 27.2. The SMILES string of the molecule is CCCCCCCCCCCCCCCCCCCCC/C=C/C(O)C(CO)NC(=O)CCCCCCCCCCCCCCCCCC/C=C\CCCCCCCCCCCCCCOC(=O)CCCCCCCCCCCCCCCCCCCCC. The Labute approximate surface area is 558 Å². The molecular formula is C83H161NO5. The third-order valence-electron chi connectivity index (χ3n) is 19.5. The molecule has 2 atom stereocenters. The van der Waals surface area contributed by atoms with E-state index in [2.05, 4.69) is 31.3 Å². The zero-order valence-corrected chi connectivity index (χ0v) is 60.7. The minimum absolute atomic E-state index is 0.0239. The Morgan fingerprint density at radius 1 is 0.303 bits per heavy atom. The fourth-order valence-electron chi connectivity index (χ4n) is 13.2. The molecule has 0 saturated heterocycles. The van der Waals surface area contributed by atoms with Crippen molar-refractivity contribution in [1.82, 2.24) is 5.32 Å². The van der Waals surface area contributed by atoms with Gasteiger partial charge in [-0.05, 0) is 57.8 Å². The number of hydrogen-bond acceptors (Lipinski definition) is 5. The fraction of sp³-hybridized carbons (Fsp3) is 0.928. The van der Waals surface area contributed by atoms with Gasteiger partial charge in [-0.3, -0.25) is 9.59 Å². The third-order valence-corrected chi connectivity index (χ3v) is 19.5. The Morgan fingerprint density at radius 3 is 0.798 bits per heavy atom. The van der Waals surface area contributed by atoms with Crippen molar-refractivity contribution in [1.29, 1.82) is 0 Å². The van der Waals surface area contributed by atoms with E-state index in [0.717, 1.165) is 38.5 Å². The maximum Gasteiger partial charge on any atom is 0.305 e. The zero-order valence-electron chi connectivity index (χ0n) is 60.7. The molecule has 0 aliphatic heterocycles. The summed E-state index contributed by atoms with van der Waals surface area (Å²) in [6, 6.07) is -0.627. The lowest BCUT2D eigenvalue weighted by Gasteiger charge is -2.20. The second kappa shape index (κ2) is 78.8. The van der Waals surface area contributed by atoms with E-state index in [1.807, 2.05) is 6.08 Å². The first kappa shape index (κ1) is 87.3. The Bertz CT molecular complexity index is 1400. The van der Waals surface area contributed by atoms with Crippen LogP contribution in [0.5, 0.6) is 0 Å². The van der Waals surface area contributed by atoms with Gasteiger partial charge in [-0.15, -0.1) is 0 Å². The summed E-state index contributed by atoms with van der Waals surface area (Å²) in [5, 5.41) is 23.3. The van der Waals surface area contributed by atoms with Crippen LogP contribution in [0.1, 0.15) is 470 Å². The quantitative estimate of drug-likeness (QED) is 0.0320. The average Bonchev–Trinajstić information content (AvgIpc) is 3.57. The highest BCUT2D eigenvalue weighted by Crippen LogP contribution is 2.20. The van der Waals surface area contributed by atoms with Crippen molar-refractivity contribution in [3.63, 3.8) is 0 Å². The van der Waals surface area contributed by atoms with Gasteiger partial charge in [0.05, 0.1) is 25.4 Å². The Kier molecular flexibility index (Phi) is 77.3. The number of carbonyl (C=O) groups excluding carboxylic acids is 2. The minimum Gasteiger partial charge on any atom is -0.466 e. The molecule has 0 fully saturated rings. The molecular weight excluding hydrogens is 1090 g/mol. The number of rotatable bonds is 78. The predicted molar refractivity (Wildman–Crippen MR) is 393 cm³/mol. The smallest absolute Gasteiger partial charge is 0.305 e. The van der Waals surface area contributed by atoms with E-state index in [4.69, 9.17) is 4.74 Å². The summed E-state index contributed by atoms with van der Waals surface area (Å²) >= 11 is 0. The van der Waals surface area contributed by atoms with Crippen molar-refractivity contribution in [3.05, 3.63) is 24.3 Å². The van der Waals surface area contributed by atoms with Crippen LogP contribution in [-0.4, -0.2) is 47.4 Å². The van der Waals surface area contributed by atoms with Crippen LogP contribution < -0.4 is 5.32 Å². The molecule has 0 radical (unpaired) electrons. The fourth-order valence-corrected chi connectivity index (χ4v) is 13.2. The number of aliphatic hydroxyl groups is 2. The summed E-state index contributed by atoms with van der Waals surface area (Å²) in [5.74, 6) is -0.0365. The van der Waals surface area contributed by atoms with E-state index in [0.29, 0.717) is 19.4 Å². The van der Waals surface area contributed by atoms with E-state index in [-0.39, 0.29) is 18.5 Å². The molecule has 0 bridgehead atoms. The lowest BCUT2D eigenvalue weighted by Crippen LogP contribution is -2.45. The van der Waals surface area contributed by atoms with Crippen molar-refractivity contribution < 1.29 is 24.5 Å². The van der Waals surface area contributed by atoms with Gasteiger partial charge >= 0.3 is 5.97 Å². The molecule has 0 heterocycles. The molecule has 0 aliphatic rings. The van der Waals surface area contributed by atoms with Crippen LogP contribution in [0.15, 0.2) is 24.3 Å². The van der Waals surface area contributed by atoms with E-state index < -0.39 is 12.1 Å². The van der Waals surface area contributed by atoms with Crippen molar-refractivity contribution in [2.24, 2.45) is 0 Å². The second-order valence-corrected chi connectivity index (χ2v) is 28.5. The molecule has 0 spiro atoms. The maximum atomic E-state index is 12.5. The van der Waals surface area contributed by atoms with E-state index in [1.54, 1.807) is 6.08 Å². The van der Waals surface area contributed by atoms with Crippen LogP contribution >= 0.6 is 0 Å². The normalized spacial score (nSPS) is 12.5. The van der Waals surface area contributed by atoms with Gasteiger partial charge < -0.3 is 20.3 Å². The van der Waals surface area contributed by atoms with Gasteiger partial charge in [-0.1, -0.05) is 423 Å². The summed E-state index contributed by atoms with van der Waals surface area (Å²) in [5.41, 5.74) is 0. The number of amides is 1. The summed E-state index contributed by atoms with van der Waals surface area (Å²) in [6.45, 7) is 4.97. The summed E-state index contributed by atoms with van der Waals surface area (Å²) in [4.78, 5) is 24.7. The zero-order chi connectivity index (χ0) is 64.2. The topological polar surface area (TPSA) is 95.9 Å². The van der Waals surface area contributed by atoms with E-state index in [1.165, 1.54) is 405 Å². The number of nitrogens with one attached hydrogen (secondary N) is 1. The lowest BCUT2D eigenvalue weighted by atomic mass is 10.0. The molecule has 0 saturated carbocycles. The molecule has 89 heavy (non-hydrogen) atoms. The van der Waals surface area contributed by atoms with Crippen LogP contribution in [0, 0.1) is 0 Å². The largest absolute Gasteiger partial charge is 0.466 e. The molecule has 0 aromatic rings. The Morgan fingerprint density at radius 2 is 0.528 bits per heavy atom. The van der Waals surface area contributed by atoms with Gasteiger partial charge in [0.2, 0.25) is 5.91 Å². The minimum atomic E-state index is -0.844. The van der Waals surface area contributed by atoms with Crippen molar-refractivity contribution in [3.8, 4) is 0 Å². The molecule has 1 amide bonds. The van der Waals surface area contributed by atoms with Crippen molar-refractivity contribution in [2.45, 2.75) is 482 Å². The summed E-state index contributed by atoms with van der Waals surface area (Å²) in [7, 11) is 0. The summed E-state index contributed by atoms with van der Waals surface area (Å²) in [6.07, 6.45) is 102. The van der Waals surface area contributed by atoms with Gasteiger partial charge in [-0.25, -0.2) is 0 Å². The molecule has 6 nitrogen and oxygen atoms in total. The lowest BCUT2D eigenvalue weighted by molar-refractivity contribution is -0.143. The number of carbonyl (C=O) groups is 2. The highest BCUT2D eigenvalue weighted by atomic mass is 16.5. The van der Waals surface area contributed by atoms with E-state index in [9.17, 15) is 19.8 Å². The van der Waals surface area contributed by atoms with Crippen molar-refractivity contribution in [2.75, 3.05) is 13.2 Å². The van der Waals surface area contributed by atoms with Crippen LogP contribution in [0.4, 0.5) is 0 Å². The van der Waals surface area contributed by atoms with Gasteiger partial charge in [0.25, 0.3) is 0 Å². The molecule has 0 aromatic heterocycles. The first-order chi connectivity index (χ1) is 44.0. The standard InChI is InChI=1S/C83H161NO5/c1-3-5-7-9-11-13-15-17-19-21-23-36-40-43-47-51-55-59-63-67-71-75-81(86)80(79-85)84-82(87)76-72-68-64-60-56-52-48-44-41-37-34-32-30-28-26-24-25-27-29-31-33-35-38-42-46-50-54-58-62-66-70-74-78-89-83(88)77-73-69-65-61-57-53-49-45-39-22-20-18-16-14-12-10-8-6-4-2/h27,29,71,75,80-81,85-86H,3-26,28,30-70,72-74,76-79H2,1-2H3,(H,84,87)/b29-27-,75-71+. The molecule has 3 N–H and O–H groups in total. The number of ether oxygens (including phenoxy) is 1. The monoisotopic (exact) mass is 1250 g/mol. The average molecular weight is 1250 g/mol. The van der Waals surface area contributed by atoms with Gasteiger partial charge in [0.15, 0.2) is 0 Å². The van der Waals surface area contributed by atoms with Gasteiger partial charge in [0, 0.05) is 12.8 Å². The van der Waals surface area contributed by atoms with Crippen LogP contribution in [-0.2, 0) is 14.3 Å². The molecule has 0 rings (SSSR count). The first-order valence-electron chi connectivity index (χ1n) is 41.1. The van der Waals surface area contributed by atoms with Gasteiger partial charge in [-0.2, -0.15) is 0 Å². The Hall–Kier alpha value is -1.66. The highest BCUT2D eigenvalue weighted by molar-refractivity contribution is 5.76. The van der Waals surface area contributed by atoms with Crippen molar-refractivity contribution >= 4 is 11.9 Å². The summed E-state index contributed by atoms with van der Waals surface area (Å²) < 4.78 is 5.52. The highest BCUT2D eigenvalue weighted by Gasteiger charge is 2.18. The number of esters is 1. The Balaban J connectivity index is 3.36. The van der Waals surface area contributed by atoms with Crippen LogP contribution in [0.2, 0.25) is 0 Å². The van der Waals surface area contributed by atoms with Crippen LogP contribution in [0.3, 0.4) is 0 Å². The van der Waals surface area contributed by atoms with E-state index >= 15 is 0 Å². The van der Waals surface area contributed by atoms with Crippen LogP contribution in [0.25, 0.3) is 0 Å². The maximum absolute atomic E-state index is 12.5. The molecule has 0 aliphatic carbocycles. The van der Waals surface area contributed by atoms with Gasteiger partial charge in [0.1, 0.15) is 0 Å². The molecule has 6 heteroatoms. The number of unbranched alkanes of at least 4 members (excludes halogenated alkanes) is 65. The number of hydrogen-bond donors (Lipinski definition) is 3. The molecule has 2 unspecified atom stereocenters. The number of allylic oxidation sites excluding steroid dienone is 3. The second-order valence-electron chi connectivity index (χ2n) is 28.5. The third kappa shape index (κ3) is 75.3. The molecule has 528 valence electrons. The number of aliphatic hydroxyl groups excluding tert-OH is 2.